The Morgan fingerprint density at radius 3 is 2.36 bits per heavy atom. The number of rotatable bonds is 5. The molecule has 1 aliphatic heterocycles. The Labute approximate surface area is 167 Å². The zero-order valence-corrected chi connectivity index (χ0v) is 16.5. The van der Waals surface area contributed by atoms with Crippen LogP contribution in [-0.4, -0.2) is 24.4 Å². The average molecular weight is 399 g/mol. The number of benzene rings is 2. The van der Waals surface area contributed by atoms with E-state index in [1.807, 2.05) is 26.0 Å². The first-order valence-electron chi connectivity index (χ1n) is 8.73. The van der Waals surface area contributed by atoms with Crippen LogP contribution in [0.25, 0.3) is 0 Å². The van der Waals surface area contributed by atoms with Gasteiger partial charge in [-0.05, 0) is 56.7 Å². The summed E-state index contributed by atoms with van der Waals surface area (Å²) in [7, 11) is 0. The summed E-state index contributed by atoms with van der Waals surface area (Å²) in [6, 6.07) is 11.8. The molecule has 0 bridgehead atoms. The van der Waals surface area contributed by atoms with E-state index in [1.165, 1.54) is 0 Å². The van der Waals surface area contributed by atoms with Crippen LogP contribution in [0.1, 0.15) is 28.4 Å². The van der Waals surface area contributed by atoms with E-state index < -0.39 is 17.8 Å². The normalized spacial score (nSPS) is 13.9. The second kappa shape index (κ2) is 7.86. The molecule has 0 fully saturated rings. The summed E-state index contributed by atoms with van der Waals surface area (Å²) in [5.41, 5.74) is 3.22. The second-order valence-electron chi connectivity index (χ2n) is 6.35. The van der Waals surface area contributed by atoms with Gasteiger partial charge in [-0.2, -0.15) is 0 Å². The number of ether oxygens (including phenoxy) is 1. The maximum Gasteiger partial charge on any atom is 0.338 e. The van der Waals surface area contributed by atoms with Crippen molar-refractivity contribution < 1.29 is 19.1 Å². The molecule has 0 unspecified atom stereocenters. The molecule has 1 aliphatic rings. The van der Waals surface area contributed by atoms with E-state index in [1.54, 1.807) is 37.3 Å². The lowest BCUT2D eigenvalue weighted by molar-refractivity contribution is -0.120. The first-order valence-corrected chi connectivity index (χ1v) is 9.11. The van der Waals surface area contributed by atoms with Gasteiger partial charge in [-0.3, -0.25) is 9.59 Å². The van der Waals surface area contributed by atoms with Crippen LogP contribution >= 0.6 is 11.6 Å². The summed E-state index contributed by atoms with van der Waals surface area (Å²) < 4.78 is 4.94. The van der Waals surface area contributed by atoms with Crippen molar-refractivity contribution >= 4 is 40.8 Å². The van der Waals surface area contributed by atoms with Crippen LogP contribution in [0.15, 0.2) is 53.2 Å². The molecule has 144 valence electrons. The highest BCUT2D eigenvalue weighted by atomic mass is 35.5. The third-order valence-electron chi connectivity index (χ3n) is 4.29. The SMILES string of the molecule is CCOC(=O)c1ccc(NC2=C(Cl)C(=O)N(c3ccc(C)cc3C)C2=O)cc1. The molecule has 1 N–H and O–H groups in total. The van der Waals surface area contributed by atoms with Crippen molar-refractivity contribution in [3.8, 4) is 0 Å². The van der Waals surface area contributed by atoms with E-state index in [4.69, 9.17) is 16.3 Å². The molecule has 0 atom stereocenters. The van der Waals surface area contributed by atoms with E-state index in [2.05, 4.69) is 5.32 Å². The molecule has 28 heavy (non-hydrogen) atoms. The van der Waals surface area contributed by atoms with Crippen molar-refractivity contribution in [3.05, 3.63) is 69.9 Å². The Hall–Kier alpha value is -3.12. The van der Waals surface area contributed by atoms with Crippen molar-refractivity contribution in [1.29, 1.82) is 0 Å². The maximum absolute atomic E-state index is 12.9. The molecule has 6 nitrogen and oxygen atoms in total. The fourth-order valence-corrected chi connectivity index (χ4v) is 3.15. The summed E-state index contributed by atoms with van der Waals surface area (Å²) in [6.45, 7) is 5.78. The zero-order chi connectivity index (χ0) is 20.4. The summed E-state index contributed by atoms with van der Waals surface area (Å²) in [6.07, 6.45) is 0. The first-order chi connectivity index (χ1) is 13.3. The average Bonchev–Trinajstić information content (AvgIpc) is 2.86. The molecule has 1 heterocycles. The van der Waals surface area contributed by atoms with Crippen LogP contribution in [0.3, 0.4) is 0 Å². The third-order valence-corrected chi connectivity index (χ3v) is 4.64. The molecule has 0 aliphatic carbocycles. The van der Waals surface area contributed by atoms with Crippen LogP contribution in [0.4, 0.5) is 11.4 Å². The van der Waals surface area contributed by atoms with Gasteiger partial charge in [0.2, 0.25) is 0 Å². The second-order valence-corrected chi connectivity index (χ2v) is 6.73. The predicted octanol–water partition coefficient (Wildman–Crippen LogP) is 3.92. The van der Waals surface area contributed by atoms with Gasteiger partial charge in [0.25, 0.3) is 11.8 Å². The third kappa shape index (κ3) is 3.64. The van der Waals surface area contributed by atoms with Gasteiger partial charge in [0.05, 0.1) is 17.9 Å². The molecule has 0 saturated carbocycles. The number of hydrogen-bond acceptors (Lipinski definition) is 5. The summed E-state index contributed by atoms with van der Waals surface area (Å²) in [5, 5.41) is 2.70. The summed E-state index contributed by atoms with van der Waals surface area (Å²) >= 11 is 6.16. The Morgan fingerprint density at radius 2 is 1.75 bits per heavy atom. The number of nitrogens with zero attached hydrogens (tertiary/aromatic N) is 1. The lowest BCUT2D eigenvalue weighted by Crippen LogP contribution is -2.32. The van der Waals surface area contributed by atoms with Crippen LogP contribution < -0.4 is 10.2 Å². The highest BCUT2D eigenvalue weighted by molar-refractivity contribution is 6.53. The Balaban J connectivity index is 1.84. The van der Waals surface area contributed by atoms with Crippen molar-refractivity contribution in [2.75, 3.05) is 16.8 Å². The van der Waals surface area contributed by atoms with E-state index in [0.717, 1.165) is 16.0 Å². The molecule has 2 aromatic rings. The van der Waals surface area contributed by atoms with Gasteiger partial charge in [0.15, 0.2) is 0 Å². The first kappa shape index (κ1) is 19.6. The number of nitrogens with one attached hydrogen (secondary N) is 1. The lowest BCUT2D eigenvalue weighted by Gasteiger charge is -2.18. The van der Waals surface area contributed by atoms with E-state index >= 15 is 0 Å². The molecule has 0 radical (unpaired) electrons. The molecule has 3 rings (SSSR count). The number of carbonyl (C=O) groups excluding carboxylic acids is 3. The van der Waals surface area contributed by atoms with E-state index in [9.17, 15) is 14.4 Å². The van der Waals surface area contributed by atoms with Gasteiger partial charge in [-0.1, -0.05) is 29.3 Å². The standard InChI is InChI=1S/C21H19ClN2O4/c1-4-28-21(27)14-6-8-15(9-7-14)23-18-17(22)19(25)24(20(18)26)16-10-5-12(2)11-13(16)3/h5-11,23H,4H2,1-3H3. The minimum absolute atomic E-state index is 0.00414. The zero-order valence-electron chi connectivity index (χ0n) is 15.7. The van der Waals surface area contributed by atoms with Crippen LogP contribution in [0.2, 0.25) is 0 Å². The molecule has 0 aromatic heterocycles. The maximum atomic E-state index is 12.9. The van der Waals surface area contributed by atoms with Crippen molar-refractivity contribution in [2.45, 2.75) is 20.8 Å². The number of hydrogen-bond donors (Lipinski definition) is 1. The molecule has 0 spiro atoms. The predicted molar refractivity (Wildman–Crippen MR) is 107 cm³/mol. The van der Waals surface area contributed by atoms with E-state index in [-0.39, 0.29) is 17.3 Å². The number of anilines is 2. The number of esters is 1. The molecule has 2 amide bonds. The Bertz CT molecular complexity index is 996. The Morgan fingerprint density at radius 1 is 1.07 bits per heavy atom. The van der Waals surface area contributed by atoms with Gasteiger partial charge in [-0.15, -0.1) is 0 Å². The minimum Gasteiger partial charge on any atom is -0.462 e. The van der Waals surface area contributed by atoms with Gasteiger partial charge in [0, 0.05) is 5.69 Å². The summed E-state index contributed by atoms with van der Waals surface area (Å²) in [5.74, 6) is -1.54. The highest BCUT2D eigenvalue weighted by Crippen LogP contribution is 2.32. The van der Waals surface area contributed by atoms with Crippen LogP contribution in [-0.2, 0) is 14.3 Å². The monoisotopic (exact) mass is 398 g/mol. The number of aryl methyl sites for hydroxylation is 2. The molecule has 0 saturated heterocycles. The van der Waals surface area contributed by atoms with Gasteiger partial charge >= 0.3 is 5.97 Å². The fourth-order valence-electron chi connectivity index (χ4n) is 2.93. The highest BCUT2D eigenvalue weighted by Gasteiger charge is 2.39. The minimum atomic E-state index is -0.579. The van der Waals surface area contributed by atoms with Gasteiger partial charge in [0.1, 0.15) is 10.7 Å². The molecule has 7 heteroatoms. The fraction of sp³-hybridized carbons (Fsp3) is 0.190. The van der Waals surface area contributed by atoms with Crippen molar-refractivity contribution in [2.24, 2.45) is 0 Å². The quantitative estimate of drug-likeness (QED) is 0.610. The topological polar surface area (TPSA) is 75.7 Å². The molecular weight excluding hydrogens is 380 g/mol. The number of amides is 2. The van der Waals surface area contributed by atoms with Gasteiger partial charge < -0.3 is 10.1 Å². The summed E-state index contributed by atoms with van der Waals surface area (Å²) in [4.78, 5) is 38.2. The molecular formula is C21H19ClN2O4. The molecule has 2 aromatic carbocycles. The smallest absolute Gasteiger partial charge is 0.338 e. The number of carbonyl (C=O) groups is 3. The Kier molecular flexibility index (Phi) is 5.51. The van der Waals surface area contributed by atoms with Crippen molar-refractivity contribution in [3.63, 3.8) is 0 Å². The van der Waals surface area contributed by atoms with Gasteiger partial charge in [-0.25, -0.2) is 9.69 Å². The lowest BCUT2D eigenvalue weighted by atomic mass is 10.1. The number of imide groups is 1. The van der Waals surface area contributed by atoms with E-state index in [0.29, 0.717) is 16.9 Å². The largest absolute Gasteiger partial charge is 0.462 e. The number of halogens is 1. The van der Waals surface area contributed by atoms with Crippen LogP contribution in [0.5, 0.6) is 0 Å². The van der Waals surface area contributed by atoms with Crippen molar-refractivity contribution in [1.82, 2.24) is 0 Å². The van der Waals surface area contributed by atoms with Crippen LogP contribution in [0, 0.1) is 13.8 Å².